The number of nitrogens with zero attached hydrogens (tertiary/aromatic N) is 2. The summed E-state index contributed by atoms with van der Waals surface area (Å²) in [6.45, 7) is 4.35. The predicted octanol–water partition coefficient (Wildman–Crippen LogP) is 4.20. The van der Waals surface area contributed by atoms with E-state index in [2.05, 4.69) is 48.3 Å². The topological polar surface area (TPSA) is 43.8 Å². The number of hydrogen-bond acceptors (Lipinski definition) is 3. The lowest BCUT2D eigenvalue weighted by atomic mass is 9.62. The molecule has 31 heavy (non-hydrogen) atoms. The third-order valence-corrected chi connectivity index (χ3v) is 7.26. The van der Waals surface area contributed by atoms with Crippen LogP contribution >= 0.6 is 0 Å². The molecule has 156 valence electrons. The molecule has 2 atom stereocenters. The van der Waals surface area contributed by atoms with E-state index in [0.29, 0.717) is 12.1 Å². The van der Waals surface area contributed by atoms with Gasteiger partial charge in [0, 0.05) is 31.2 Å². The Hall–Kier alpha value is -3.02. The summed E-state index contributed by atoms with van der Waals surface area (Å²) in [7, 11) is 0. The van der Waals surface area contributed by atoms with Crippen LogP contribution in [-0.4, -0.2) is 53.1 Å². The lowest BCUT2D eigenvalue weighted by molar-refractivity contribution is -0.139. The zero-order valence-electron chi connectivity index (χ0n) is 17.3. The molecule has 1 aliphatic heterocycles. The molecular weight excluding hydrogens is 391 g/mol. The van der Waals surface area contributed by atoms with Gasteiger partial charge in [-0.1, -0.05) is 48.6 Å². The van der Waals surface area contributed by atoms with Gasteiger partial charge in [0.25, 0.3) is 0 Å². The van der Waals surface area contributed by atoms with Crippen molar-refractivity contribution in [1.29, 1.82) is 0 Å². The highest BCUT2D eigenvalue weighted by Gasteiger charge is 2.53. The maximum absolute atomic E-state index is 15.0. The van der Waals surface area contributed by atoms with Crippen molar-refractivity contribution in [1.82, 2.24) is 9.80 Å². The summed E-state index contributed by atoms with van der Waals surface area (Å²) in [4.78, 5) is 15.8. The van der Waals surface area contributed by atoms with Gasteiger partial charge in [-0.15, -0.1) is 0 Å². The van der Waals surface area contributed by atoms with Crippen LogP contribution in [0.2, 0.25) is 0 Å². The quantitative estimate of drug-likeness (QED) is 0.695. The second-order valence-corrected chi connectivity index (χ2v) is 8.88. The van der Waals surface area contributed by atoms with Crippen LogP contribution in [0.15, 0.2) is 71.8 Å². The Bertz CT molecular complexity index is 1210. The Balaban J connectivity index is 1.49. The Labute approximate surface area is 180 Å². The highest BCUT2D eigenvalue weighted by Crippen LogP contribution is 2.58. The van der Waals surface area contributed by atoms with E-state index in [9.17, 15) is 14.3 Å². The molecule has 3 aliphatic carbocycles. The molecule has 0 spiro atoms. The molecule has 1 unspecified atom stereocenters. The second kappa shape index (κ2) is 6.49. The van der Waals surface area contributed by atoms with Crippen LogP contribution in [0.3, 0.4) is 0 Å². The molecule has 4 nitrogen and oxygen atoms in total. The fourth-order valence-electron chi connectivity index (χ4n) is 5.90. The standard InChI is InChI=1S/C26H23FN2O2/c1-16-14-29(11-10-28(16)15-23(30)31)26(19-6-3-7-20(26)13-19)21-8-9-22(27)25-18-5-2-4-17(12-18)24(21)25/h2-9,12-13,16H,10-11,14-15H2,1H3,(H,30,31)/t16-/m1/s1. The minimum atomic E-state index is -0.792. The molecule has 2 aromatic carbocycles. The van der Waals surface area contributed by atoms with Crippen molar-refractivity contribution in [3.8, 4) is 22.3 Å². The summed E-state index contributed by atoms with van der Waals surface area (Å²) < 4.78 is 15.0. The van der Waals surface area contributed by atoms with Crippen molar-refractivity contribution in [3.63, 3.8) is 0 Å². The van der Waals surface area contributed by atoms with Crippen LogP contribution in [0.4, 0.5) is 4.39 Å². The number of allylic oxidation sites excluding steroid dienone is 2. The molecular formula is C26H23FN2O2. The molecule has 5 heteroatoms. The van der Waals surface area contributed by atoms with Crippen molar-refractivity contribution in [2.45, 2.75) is 18.5 Å². The molecule has 1 fully saturated rings. The van der Waals surface area contributed by atoms with Crippen molar-refractivity contribution < 1.29 is 14.3 Å². The van der Waals surface area contributed by atoms with Crippen LogP contribution in [0.25, 0.3) is 22.3 Å². The van der Waals surface area contributed by atoms with E-state index in [1.165, 1.54) is 11.1 Å². The van der Waals surface area contributed by atoms with E-state index in [0.717, 1.165) is 35.3 Å². The summed E-state index contributed by atoms with van der Waals surface area (Å²) in [6, 6.07) is 11.8. The fourth-order valence-corrected chi connectivity index (χ4v) is 5.90. The Morgan fingerprint density at radius 3 is 2.65 bits per heavy atom. The third kappa shape index (κ3) is 2.45. The Morgan fingerprint density at radius 2 is 1.97 bits per heavy atom. The second-order valence-electron chi connectivity index (χ2n) is 8.88. The number of fused-ring (bicyclic) bond motifs is 7. The zero-order chi connectivity index (χ0) is 21.3. The van der Waals surface area contributed by atoms with Crippen LogP contribution in [0, 0.1) is 5.82 Å². The van der Waals surface area contributed by atoms with E-state index in [-0.39, 0.29) is 18.4 Å². The van der Waals surface area contributed by atoms with Crippen LogP contribution in [-0.2, 0) is 10.3 Å². The first-order valence-corrected chi connectivity index (χ1v) is 10.8. The van der Waals surface area contributed by atoms with E-state index in [4.69, 9.17) is 0 Å². The lowest BCUT2D eigenvalue weighted by Crippen LogP contribution is -2.62. The molecule has 0 saturated carbocycles. The van der Waals surface area contributed by atoms with Crippen LogP contribution in [0.1, 0.15) is 12.5 Å². The van der Waals surface area contributed by atoms with Crippen molar-refractivity contribution in [2.75, 3.05) is 26.2 Å². The molecule has 1 saturated heterocycles. The number of benzene rings is 2. The van der Waals surface area contributed by atoms with Gasteiger partial charge in [-0.3, -0.25) is 14.6 Å². The summed E-state index contributed by atoms with van der Waals surface area (Å²) in [5.41, 5.74) is 6.84. The molecule has 0 amide bonds. The van der Waals surface area contributed by atoms with Gasteiger partial charge >= 0.3 is 5.97 Å². The van der Waals surface area contributed by atoms with Crippen LogP contribution in [0.5, 0.6) is 0 Å². The number of carbonyl (C=O) groups is 1. The molecule has 4 bridgehead atoms. The van der Waals surface area contributed by atoms with Gasteiger partial charge in [0.1, 0.15) is 5.82 Å². The molecule has 1 heterocycles. The van der Waals surface area contributed by atoms with Gasteiger partial charge in [0.15, 0.2) is 0 Å². The molecule has 6 rings (SSSR count). The molecule has 2 aromatic rings. The fraction of sp³-hybridized carbons (Fsp3) is 0.269. The first-order chi connectivity index (χ1) is 15.0. The maximum Gasteiger partial charge on any atom is 0.317 e. The highest BCUT2D eigenvalue weighted by molar-refractivity contribution is 5.95. The lowest BCUT2D eigenvalue weighted by Gasteiger charge is -2.56. The number of carboxylic acids is 1. The van der Waals surface area contributed by atoms with Crippen LogP contribution < -0.4 is 0 Å². The number of aliphatic carboxylic acids is 1. The smallest absolute Gasteiger partial charge is 0.317 e. The van der Waals surface area contributed by atoms with Crippen molar-refractivity contribution in [3.05, 3.63) is 83.2 Å². The normalized spacial score (nSPS) is 26.2. The van der Waals surface area contributed by atoms with Gasteiger partial charge in [0.2, 0.25) is 0 Å². The van der Waals surface area contributed by atoms with E-state index >= 15 is 0 Å². The average Bonchev–Trinajstić information content (AvgIpc) is 3.02. The Kier molecular flexibility index (Phi) is 3.92. The molecule has 0 aromatic heterocycles. The number of carboxylic acid groups (broad SMARTS) is 1. The van der Waals surface area contributed by atoms with Gasteiger partial charge < -0.3 is 5.11 Å². The van der Waals surface area contributed by atoms with Gasteiger partial charge in [-0.05, 0) is 52.5 Å². The predicted molar refractivity (Wildman–Crippen MR) is 118 cm³/mol. The van der Waals surface area contributed by atoms with Crippen molar-refractivity contribution >= 4 is 5.97 Å². The van der Waals surface area contributed by atoms with E-state index in [1.54, 1.807) is 6.07 Å². The summed E-state index contributed by atoms with van der Waals surface area (Å²) in [5.74, 6) is -0.975. The van der Waals surface area contributed by atoms with E-state index in [1.807, 2.05) is 23.1 Å². The maximum atomic E-state index is 15.0. The monoisotopic (exact) mass is 414 g/mol. The SMILES string of the molecule is C[C@@H]1CN(C2(c3ccc(F)c4c3-c3cccc-4c3)c3cccc2c3)CCN1CC(=O)O. The summed E-state index contributed by atoms with van der Waals surface area (Å²) in [5, 5.41) is 9.26. The summed E-state index contributed by atoms with van der Waals surface area (Å²) in [6.07, 6.45) is 8.61. The number of piperazine rings is 1. The third-order valence-electron chi connectivity index (χ3n) is 7.26. The molecule has 1 N–H and O–H groups in total. The number of hydrogen-bond donors (Lipinski definition) is 1. The number of rotatable bonds is 4. The van der Waals surface area contributed by atoms with Gasteiger partial charge in [0.05, 0.1) is 12.1 Å². The van der Waals surface area contributed by atoms with Crippen molar-refractivity contribution in [2.24, 2.45) is 0 Å². The van der Waals surface area contributed by atoms with Gasteiger partial charge in [-0.25, -0.2) is 4.39 Å². The Morgan fingerprint density at radius 1 is 1.16 bits per heavy atom. The van der Waals surface area contributed by atoms with E-state index < -0.39 is 11.5 Å². The molecule has 4 aliphatic rings. The average molecular weight is 414 g/mol. The zero-order valence-corrected chi connectivity index (χ0v) is 17.3. The largest absolute Gasteiger partial charge is 0.480 e. The highest BCUT2D eigenvalue weighted by atomic mass is 19.1. The minimum absolute atomic E-state index is 0.0606. The summed E-state index contributed by atoms with van der Waals surface area (Å²) >= 11 is 0. The number of halogens is 1. The molecule has 0 radical (unpaired) electrons. The van der Waals surface area contributed by atoms with Gasteiger partial charge in [-0.2, -0.15) is 0 Å². The minimum Gasteiger partial charge on any atom is -0.480 e. The first-order valence-electron chi connectivity index (χ1n) is 10.8. The first kappa shape index (κ1) is 18.7.